The van der Waals surface area contributed by atoms with Crippen molar-refractivity contribution < 1.29 is 30.4 Å². The van der Waals surface area contributed by atoms with Crippen LogP contribution in [0.3, 0.4) is 0 Å². The third-order valence-electron chi connectivity index (χ3n) is 13.9. The van der Waals surface area contributed by atoms with Crippen molar-refractivity contribution in [3.63, 3.8) is 0 Å². The number of para-hydroxylation sites is 4. The zero-order valence-electron chi connectivity index (χ0n) is 48.6. The van der Waals surface area contributed by atoms with E-state index >= 15 is 0 Å². The second-order valence-electron chi connectivity index (χ2n) is 27.0. The van der Waals surface area contributed by atoms with Gasteiger partial charge in [-0.15, -0.1) is 29.7 Å². The standard InChI is InChI=1S/C72H78N4O.Pt/c1-48(2)33-49-31-32-73-67(40-49)76-63-26-16-15-23-61(63)62-30-29-58(42-66(62)76)77-57-22-19-21-56(41-57)74-47-75(65-28-18-17-27-64(65)74)68-59(54-36-50(43-69(3,4)5)34-51(37-54)44-70(6,7)8)24-20-25-60(68)55-38-52(45-71(9,10)11)35-53(39-55)46-72(12,13)14;/h15-32,34-40,48H,33,43-46H2,1-14H3;/q-2;. The van der Waals surface area contributed by atoms with Crippen LogP contribution in [-0.4, -0.2) is 14.1 Å². The largest absolute Gasteiger partial charge is 0.510 e. The summed E-state index contributed by atoms with van der Waals surface area (Å²) in [5.41, 5.74) is 17.9. The molecule has 0 atom stereocenters. The van der Waals surface area contributed by atoms with Gasteiger partial charge in [-0.05, 0) is 139 Å². The minimum absolute atomic E-state index is 0. The van der Waals surface area contributed by atoms with Gasteiger partial charge in [-0.3, -0.25) is 4.57 Å². The third-order valence-corrected chi connectivity index (χ3v) is 13.9. The van der Waals surface area contributed by atoms with Crippen molar-refractivity contribution in [2.45, 2.75) is 129 Å². The first-order chi connectivity index (χ1) is 36.4. The van der Waals surface area contributed by atoms with Crippen LogP contribution in [0, 0.1) is 46.0 Å². The van der Waals surface area contributed by atoms with Crippen molar-refractivity contribution in [3.8, 4) is 50.9 Å². The Morgan fingerprint density at radius 3 is 1.60 bits per heavy atom. The molecule has 10 rings (SSSR count). The molecule has 0 spiro atoms. The van der Waals surface area contributed by atoms with E-state index in [0.717, 1.165) is 82.1 Å². The molecule has 3 aromatic heterocycles. The summed E-state index contributed by atoms with van der Waals surface area (Å²) in [6.07, 6.45) is 10.8. The summed E-state index contributed by atoms with van der Waals surface area (Å²) < 4.78 is 13.4. The predicted octanol–water partition coefficient (Wildman–Crippen LogP) is 18.5. The maximum Gasteiger partial charge on any atom is 0.268 e. The summed E-state index contributed by atoms with van der Waals surface area (Å²) in [6, 6.07) is 60.7. The monoisotopic (exact) mass is 1210 g/mol. The van der Waals surface area contributed by atoms with Crippen LogP contribution in [0.1, 0.15) is 125 Å². The average molecular weight is 1210 g/mol. The van der Waals surface area contributed by atoms with Crippen molar-refractivity contribution in [2.75, 3.05) is 0 Å². The van der Waals surface area contributed by atoms with Crippen LogP contribution in [0.4, 0.5) is 0 Å². The van der Waals surface area contributed by atoms with Crippen LogP contribution in [-0.2, 0) is 53.2 Å². The van der Waals surface area contributed by atoms with Gasteiger partial charge in [0.15, 0.2) is 0 Å². The van der Waals surface area contributed by atoms with Gasteiger partial charge in [-0.2, -0.15) is 18.2 Å². The molecule has 0 saturated carbocycles. The number of aromatic nitrogens is 4. The number of benzene rings is 7. The third kappa shape index (κ3) is 13.0. The van der Waals surface area contributed by atoms with Crippen molar-refractivity contribution in [2.24, 2.45) is 27.6 Å². The van der Waals surface area contributed by atoms with E-state index in [1.54, 1.807) is 0 Å². The van der Waals surface area contributed by atoms with Crippen molar-refractivity contribution >= 4 is 32.8 Å². The van der Waals surface area contributed by atoms with Crippen LogP contribution in [0.2, 0.25) is 0 Å². The molecule has 0 unspecified atom stereocenters. The van der Waals surface area contributed by atoms with E-state index in [0.29, 0.717) is 17.4 Å². The summed E-state index contributed by atoms with van der Waals surface area (Å²) in [6.45, 7) is 32.6. The summed E-state index contributed by atoms with van der Waals surface area (Å²) in [5, 5.41) is 2.24. The van der Waals surface area contributed by atoms with Gasteiger partial charge in [-0.1, -0.05) is 200 Å². The molecular weight excluding hydrogens is 1130 g/mol. The number of nitrogens with zero attached hydrogens (tertiary/aromatic N) is 4. The molecular formula is C72H78N4OPt-2. The Bertz CT molecular complexity index is 3620. The molecule has 0 saturated heterocycles. The van der Waals surface area contributed by atoms with Crippen LogP contribution >= 0.6 is 0 Å². The zero-order valence-corrected chi connectivity index (χ0v) is 50.8. The fraction of sp³-hybridized carbons (Fsp3) is 0.333. The molecule has 0 radical (unpaired) electrons. The van der Waals surface area contributed by atoms with E-state index in [9.17, 15) is 0 Å². The molecule has 0 N–H and O–H groups in total. The molecule has 0 amide bonds. The van der Waals surface area contributed by atoms with E-state index in [-0.39, 0.29) is 42.7 Å². The molecule has 10 aromatic rings. The normalized spacial score (nSPS) is 12.5. The van der Waals surface area contributed by atoms with E-state index in [1.165, 1.54) is 50.1 Å². The van der Waals surface area contributed by atoms with Gasteiger partial charge in [0.2, 0.25) is 0 Å². The Labute approximate surface area is 480 Å². The smallest absolute Gasteiger partial charge is 0.268 e. The van der Waals surface area contributed by atoms with Gasteiger partial charge >= 0.3 is 0 Å². The summed E-state index contributed by atoms with van der Waals surface area (Å²) >= 11 is 0. The van der Waals surface area contributed by atoms with Gasteiger partial charge in [-0.25, -0.2) is 4.98 Å². The second-order valence-corrected chi connectivity index (χ2v) is 27.0. The van der Waals surface area contributed by atoms with Crippen molar-refractivity contribution in [3.05, 3.63) is 198 Å². The minimum atomic E-state index is 0. The summed E-state index contributed by atoms with van der Waals surface area (Å²) in [4.78, 5) is 4.90. The Morgan fingerprint density at radius 2 is 1.04 bits per heavy atom. The number of pyridine rings is 1. The number of hydrogen-bond donors (Lipinski definition) is 0. The summed E-state index contributed by atoms with van der Waals surface area (Å²) in [5.74, 6) is 2.59. The van der Waals surface area contributed by atoms with Gasteiger partial charge in [0.05, 0.1) is 16.7 Å². The molecule has 0 bridgehead atoms. The average Bonchev–Trinajstić information content (AvgIpc) is 4.08. The quantitative estimate of drug-likeness (QED) is 0.0852. The van der Waals surface area contributed by atoms with Crippen molar-refractivity contribution in [1.82, 2.24) is 14.1 Å². The molecule has 0 fully saturated rings. The topological polar surface area (TPSA) is 35.9 Å². The Hall–Kier alpha value is -6.55. The number of ether oxygens (including phenoxy) is 1. The van der Waals surface area contributed by atoms with E-state index < -0.39 is 0 Å². The maximum absolute atomic E-state index is 6.77. The van der Waals surface area contributed by atoms with Gasteiger partial charge in [0.25, 0.3) is 6.33 Å². The van der Waals surface area contributed by atoms with Gasteiger partial charge in [0, 0.05) is 44.3 Å². The SMILES string of the molecule is CC(C)Cc1ccnc(-n2c3[c-]c(Oc4[c-]c(-n5[c-][n+](-c6c(-c7cc(CC(C)(C)C)cc(CC(C)(C)C)c7)cccc6-c6cc(CC(C)(C)C)cc(CC(C)(C)C)c6)c6ccccc65)ccc4)ccc3c3ccccc32)c1.[Pt]. The predicted molar refractivity (Wildman–Crippen MR) is 322 cm³/mol. The van der Waals surface area contributed by atoms with E-state index in [1.807, 2.05) is 24.4 Å². The minimum Gasteiger partial charge on any atom is -0.510 e. The number of fused-ring (bicyclic) bond motifs is 4. The Kier molecular flexibility index (Phi) is 15.8. The number of imidazole rings is 1. The second kappa shape index (κ2) is 21.9. The Morgan fingerprint density at radius 1 is 0.513 bits per heavy atom. The van der Waals surface area contributed by atoms with Crippen LogP contribution < -0.4 is 9.30 Å². The van der Waals surface area contributed by atoms with Crippen LogP contribution in [0.25, 0.3) is 72.3 Å². The molecule has 5 nitrogen and oxygen atoms in total. The molecule has 0 aliphatic heterocycles. The Balaban J connectivity index is 0.00000740. The van der Waals surface area contributed by atoms with Gasteiger partial charge < -0.3 is 13.9 Å². The fourth-order valence-electron chi connectivity index (χ4n) is 11.4. The molecule has 404 valence electrons. The summed E-state index contributed by atoms with van der Waals surface area (Å²) in [7, 11) is 0. The zero-order chi connectivity index (χ0) is 54.6. The maximum atomic E-state index is 6.77. The molecule has 0 aliphatic rings. The fourth-order valence-corrected chi connectivity index (χ4v) is 11.4. The molecule has 6 heteroatoms. The first-order valence-electron chi connectivity index (χ1n) is 27.9. The molecule has 7 aromatic carbocycles. The van der Waals surface area contributed by atoms with Crippen molar-refractivity contribution in [1.29, 1.82) is 0 Å². The molecule has 78 heavy (non-hydrogen) atoms. The van der Waals surface area contributed by atoms with E-state index in [4.69, 9.17) is 9.72 Å². The number of rotatable bonds is 13. The van der Waals surface area contributed by atoms with Crippen LogP contribution in [0.15, 0.2) is 152 Å². The van der Waals surface area contributed by atoms with Crippen LogP contribution in [0.5, 0.6) is 11.5 Å². The number of hydrogen-bond acceptors (Lipinski definition) is 2. The molecule has 3 heterocycles. The molecule has 0 aliphatic carbocycles. The first-order valence-corrected chi connectivity index (χ1v) is 27.9. The van der Waals surface area contributed by atoms with E-state index in [2.05, 4.69) is 256 Å². The first kappa shape index (κ1) is 56.2. The van der Waals surface area contributed by atoms with Gasteiger partial charge in [0.1, 0.15) is 5.82 Å².